The van der Waals surface area contributed by atoms with Gasteiger partial charge in [-0.25, -0.2) is 4.39 Å². The molecule has 0 bridgehead atoms. The second-order valence-corrected chi connectivity index (χ2v) is 6.73. The molecule has 2 aromatic rings. The van der Waals surface area contributed by atoms with Crippen molar-refractivity contribution < 1.29 is 14.0 Å². The van der Waals surface area contributed by atoms with Crippen LogP contribution in [0.25, 0.3) is 0 Å². The Kier molecular flexibility index (Phi) is 4.93. The van der Waals surface area contributed by atoms with Crippen LogP contribution in [0.3, 0.4) is 0 Å². The van der Waals surface area contributed by atoms with Crippen molar-refractivity contribution in [3.05, 3.63) is 59.9 Å². The number of halogens is 1. The van der Waals surface area contributed by atoms with Gasteiger partial charge in [-0.05, 0) is 43.2 Å². The number of nitrogens with one attached hydrogen (secondary N) is 2. The Morgan fingerprint density at radius 2 is 1.73 bits per heavy atom. The maximum atomic E-state index is 14.0. The monoisotopic (exact) mass is 355 g/mol. The maximum Gasteiger partial charge on any atom is 0.243 e. The van der Waals surface area contributed by atoms with Crippen LogP contribution in [0.15, 0.2) is 48.5 Å². The molecule has 0 aliphatic heterocycles. The van der Waals surface area contributed by atoms with Gasteiger partial charge in [-0.1, -0.05) is 18.2 Å². The summed E-state index contributed by atoms with van der Waals surface area (Å²) in [6.45, 7) is -0.148. The highest BCUT2D eigenvalue weighted by molar-refractivity contribution is 5.97. The molecule has 0 heterocycles. The van der Waals surface area contributed by atoms with Crippen molar-refractivity contribution in [1.82, 2.24) is 5.32 Å². The van der Waals surface area contributed by atoms with Gasteiger partial charge in [0.1, 0.15) is 5.82 Å². The number of anilines is 2. The Morgan fingerprint density at radius 3 is 2.31 bits per heavy atom. The fraction of sp³-hybridized carbons (Fsp3) is 0.300. The Hall–Kier alpha value is -2.89. The van der Waals surface area contributed by atoms with E-state index in [2.05, 4.69) is 10.6 Å². The second kappa shape index (κ2) is 7.15. The zero-order valence-electron chi connectivity index (χ0n) is 14.9. The summed E-state index contributed by atoms with van der Waals surface area (Å²) in [7, 11) is 3.87. The molecule has 1 fully saturated rings. The third-order valence-corrected chi connectivity index (χ3v) is 4.65. The van der Waals surface area contributed by atoms with Crippen molar-refractivity contribution in [2.75, 3.05) is 30.9 Å². The molecule has 2 N–H and O–H groups in total. The van der Waals surface area contributed by atoms with E-state index in [-0.39, 0.29) is 24.2 Å². The van der Waals surface area contributed by atoms with E-state index in [9.17, 15) is 14.0 Å². The number of hydrogen-bond donors (Lipinski definition) is 2. The molecule has 0 aromatic heterocycles. The first-order chi connectivity index (χ1) is 12.4. The Labute approximate surface area is 152 Å². The molecule has 6 heteroatoms. The molecule has 1 aliphatic carbocycles. The Balaban J connectivity index is 1.56. The van der Waals surface area contributed by atoms with Crippen LogP contribution in [0.4, 0.5) is 15.8 Å². The topological polar surface area (TPSA) is 61.4 Å². The largest absolute Gasteiger partial charge is 0.378 e. The number of nitrogens with zero attached hydrogens (tertiary/aromatic N) is 1. The average molecular weight is 355 g/mol. The lowest BCUT2D eigenvalue weighted by Crippen LogP contribution is -2.39. The fourth-order valence-electron chi connectivity index (χ4n) is 2.97. The van der Waals surface area contributed by atoms with Crippen LogP contribution >= 0.6 is 0 Å². The van der Waals surface area contributed by atoms with Crippen molar-refractivity contribution in [1.29, 1.82) is 0 Å². The highest BCUT2D eigenvalue weighted by Crippen LogP contribution is 2.49. The summed E-state index contributed by atoms with van der Waals surface area (Å²) in [6.07, 6.45) is 1.18. The van der Waals surface area contributed by atoms with Gasteiger partial charge in [0.2, 0.25) is 11.8 Å². The maximum absolute atomic E-state index is 14.0. The van der Waals surface area contributed by atoms with Crippen LogP contribution in [-0.2, 0) is 15.0 Å². The molecular weight excluding hydrogens is 333 g/mol. The first-order valence-corrected chi connectivity index (χ1v) is 8.53. The van der Waals surface area contributed by atoms with E-state index >= 15 is 0 Å². The molecule has 0 atom stereocenters. The molecule has 1 saturated carbocycles. The van der Waals surface area contributed by atoms with Crippen LogP contribution in [0.1, 0.15) is 18.4 Å². The van der Waals surface area contributed by atoms with Crippen molar-refractivity contribution >= 4 is 23.2 Å². The van der Waals surface area contributed by atoms with Crippen LogP contribution in [0.5, 0.6) is 0 Å². The Bertz CT molecular complexity index is 814. The van der Waals surface area contributed by atoms with Crippen molar-refractivity contribution in [3.8, 4) is 0 Å². The molecule has 0 unspecified atom stereocenters. The summed E-state index contributed by atoms with van der Waals surface area (Å²) >= 11 is 0. The van der Waals surface area contributed by atoms with Crippen molar-refractivity contribution in [3.63, 3.8) is 0 Å². The minimum absolute atomic E-state index is 0.148. The van der Waals surface area contributed by atoms with Gasteiger partial charge in [-0.2, -0.15) is 0 Å². The van der Waals surface area contributed by atoms with Crippen LogP contribution in [-0.4, -0.2) is 32.5 Å². The summed E-state index contributed by atoms with van der Waals surface area (Å²) < 4.78 is 14.0. The third kappa shape index (κ3) is 3.69. The van der Waals surface area contributed by atoms with Gasteiger partial charge in [0.15, 0.2) is 0 Å². The Morgan fingerprint density at radius 1 is 1.08 bits per heavy atom. The highest BCUT2D eigenvalue weighted by Gasteiger charge is 2.52. The van der Waals surface area contributed by atoms with E-state index in [1.165, 1.54) is 6.07 Å². The summed E-state index contributed by atoms with van der Waals surface area (Å²) in [4.78, 5) is 26.5. The molecule has 3 rings (SSSR count). The summed E-state index contributed by atoms with van der Waals surface area (Å²) in [5.74, 6) is -1.01. The van der Waals surface area contributed by atoms with Gasteiger partial charge in [0, 0.05) is 31.0 Å². The highest BCUT2D eigenvalue weighted by atomic mass is 19.1. The van der Waals surface area contributed by atoms with Crippen LogP contribution < -0.4 is 15.5 Å². The van der Waals surface area contributed by atoms with E-state index in [0.29, 0.717) is 24.1 Å². The lowest BCUT2D eigenvalue weighted by Gasteiger charge is -2.16. The van der Waals surface area contributed by atoms with Crippen molar-refractivity contribution in [2.24, 2.45) is 0 Å². The van der Waals surface area contributed by atoms with Gasteiger partial charge in [-0.15, -0.1) is 0 Å². The normalized spacial score (nSPS) is 14.4. The van der Waals surface area contributed by atoms with Gasteiger partial charge in [-0.3, -0.25) is 9.59 Å². The first-order valence-electron chi connectivity index (χ1n) is 8.53. The summed E-state index contributed by atoms with van der Waals surface area (Å²) in [6, 6.07) is 13.7. The number of rotatable bonds is 6. The number of benzene rings is 2. The smallest absolute Gasteiger partial charge is 0.243 e. The van der Waals surface area contributed by atoms with Crippen molar-refractivity contribution in [2.45, 2.75) is 18.3 Å². The lowest BCUT2D eigenvalue weighted by molar-refractivity contribution is -0.126. The van der Waals surface area contributed by atoms with Crippen LogP contribution in [0.2, 0.25) is 0 Å². The molecule has 26 heavy (non-hydrogen) atoms. The minimum Gasteiger partial charge on any atom is -0.378 e. The SMILES string of the molecule is CN(C)c1ccc(NC(=O)CNC(=O)C2(c3ccccc3F)CC2)cc1. The predicted molar refractivity (Wildman–Crippen MR) is 99.7 cm³/mol. The number of amides is 2. The summed E-state index contributed by atoms with van der Waals surface area (Å²) in [5.41, 5.74) is 1.25. The molecule has 0 spiro atoms. The zero-order valence-corrected chi connectivity index (χ0v) is 14.9. The van der Waals surface area contributed by atoms with E-state index in [1.807, 2.05) is 31.1 Å². The molecule has 5 nitrogen and oxygen atoms in total. The average Bonchev–Trinajstić information content (AvgIpc) is 3.42. The van der Waals surface area contributed by atoms with E-state index < -0.39 is 5.41 Å². The molecule has 1 aliphatic rings. The minimum atomic E-state index is -0.834. The van der Waals surface area contributed by atoms with Gasteiger partial charge in [0.25, 0.3) is 0 Å². The quantitative estimate of drug-likeness (QED) is 0.837. The number of hydrogen-bond acceptors (Lipinski definition) is 3. The molecule has 136 valence electrons. The van der Waals surface area contributed by atoms with Gasteiger partial charge < -0.3 is 15.5 Å². The number of carbonyl (C=O) groups excluding carboxylic acids is 2. The molecule has 2 amide bonds. The zero-order chi connectivity index (χ0) is 18.7. The first kappa shape index (κ1) is 17.9. The number of carbonyl (C=O) groups is 2. The second-order valence-electron chi connectivity index (χ2n) is 6.73. The summed E-state index contributed by atoms with van der Waals surface area (Å²) in [5, 5.41) is 5.38. The van der Waals surface area contributed by atoms with Crippen LogP contribution in [0, 0.1) is 5.82 Å². The van der Waals surface area contributed by atoms with E-state index in [0.717, 1.165) is 5.69 Å². The van der Waals surface area contributed by atoms with E-state index in [1.54, 1.807) is 30.3 Å². The predicted octanol–water partition coefficient (Wildman–Crippen LogP) is 2.68. The molecule has 0 radical (unpaired) electrons. The van der Waals surface area contributed by atoms with Gasteiger partial charge in [0.05, 0.1) is 12.0 Å². The fourth-order valence-corrected chi connectivity index (χ4v) is 2.97. The molecular formula is C20H22FN3O2. The lowest BCUT2D eigenvalue weighted by atomic mass is 9.94. The molecule has 2 aromatic carbocycles. The standard InChI is InChI=1S/C20H22FN3O2/c1-24(2)15-9-7-14(8-10-15)23-18(25)13-22-19(26)20(11-12-20)16-5-3-4-6-17(16)21/h3-10H,11-13H2,1-2H3,(H,22,26)(H,23,25). The third-order valence-electron chi connectivity index (χ3n) is 4.65. The van der Waals surface area contributed by atoms with Gasteiger partial charge >= 0.3 is 0 Å². The molecule has 0 saturated heterocycles. The van der Waals surface area contributed by atoms with E-state index in [4.69, 9.17) is 0 Å².